The molecule has 10 heteroatoms. The fourth-order valence-electron chi connectivity index (χ4n) is 6.00. The molecule has 0 aliphatic carbocycles. The van der Waals surface area contributed by atoms with Crippen molar-refractivity contribution < 1.29 is 22.7 Å². The van der Waals surface area contributed by atoms with E-state index >= 15 is 0 Å². The normalized spacial score (nSPS) is 20.4. The first kappa shape index (κ1) is 29.8. The van der Waals surface area contributed by atoms with E-state index in [9.17, 15) is 18.0 Å². The number of carbonyl (C=O) groups is 1. The van der Waals surface area contributed by atoms with Gasteiger partial charge in [0.1, 0.15) is 11.6 Å². The number of halogens is 3. The number of nitrogens with zero attached hydrogens (tertiary/aromatic N) is 3. The summed E-state index contributed by atoms with van der Waals surface area (Å²) in [5, 5.41) is 6.74. The molecule has 42 heavy (non-hydrogen) atoms. The van der Waals surface area contributed by atoms with E-state index in [1.807, 2.05) is 19.2 Å². The number of anilines is 1. The van der Waals surface area contributed by atoms with Gasteiger partial charge in [-0.15, -0.1) is 13.2 Å². The monoisotopic (exact) mass is 581 g/mol. The maximum atomic E-state index is 13.2. The molecule has 2 atom stereocenters. The molecule has 1 aromatic heterocycles. The Labute approximate surface area is 245 Å². The van der Waals surface area contributed by atoms with Gasteiger partial charge in [0, 0.05) is 62.6 Å². The summed E-state index contributed by atoms with van der Waals surface area (Å²) in [7, 11) is 0. The van der Waals surface area contributed by atoms with Crippen LogP contribution in [0.5, 0.6) is 5.75 Å². The quantitative estimate of drug-likeness (QED) is 0.382. The summed E-state index contributed by atoms with van der Waals surface area (Å²) in [5.74, 6) is 0.602. The number of carbonyl (C=O) groups excluding carboxylic acids is 1. The van der Waals surface area contributed by atoms with E-state index in [2.05, 4.69) is 51.2 Å². The van der Waals surface area contributed by atoms with Gasteiger partial charge in [0.05, 0.1) is 0 Å². The zero-order valence-corrected chi connectivity index (χ0v) is 24.2. The molecule has 0 saturated carbocycles. The number of benzene rings is 2. The number of aromatic nitrogens is 1. The van der Waals surface area contributed by atoms with Crippen LogP contribution in [0.2, 0.25) is 0 Å². The van der Waals surface area contributed by atoms with Crippen molar-refractivity contribution in [1.29, 1.82) is 0 Å². The number of hydrogen-bond donors (Lipinski definition) is 2. The molecule has 2 N–H and O–H groups in total. The standard InChI is InChI=1S/C32H38F3N5O2/c1-21-18-40(19-22(2)37-21)30-12-7-24(17-36-30)20-39-15-13-26(14-16-39)38-31(41)29-6-4-5-28(23(29)3)25-8-10-27(11-9-25)42-32(33,34)35/h4-12,17,21-22,26,37H,13-16,18-20H2,1-3H3,(H,38,41). The lowest BCUT2D eigenvalue weighted by molar-refractivity contribution is -0.274. The Hall–Kier alpha value is -3.63. The van der Waals surface area contributed by atoms with E-state index in [4.69, 9.17) is 4.98 Å². The van der Waals surface area contributed by atoms with Crippen LogP contribution in [0.3, 0.4) is 0 Å². The minimum absolute atomic E-state index is 0.0767. The topological polar surface area (TPSA) is 69.7 Å². The minimum Gasteiger partial charge on any atom is -0.406 e. The van der Waals surface area contributed by atoms with Crippen LogP contribution in [0.15, 0.2) is 60.8 Å². The largest absolute Gasteiger partial charge is 0.573 e. The highest BCUT2D eigenvalue weighted by Crippen LogP contribution is 2.30. The summed E-state index contributed by atoms with van der Waals surface area (Å²) >= 11 is 0. The fraction of sp³-hybridized carbons (Fsp3) is 0.438. The van der Waals surface area contributed by atoms with Gasteiger partial charge in [-0.05, 0) is 80.1 Å². The molecule has 0 radical (unpaired) electrons. The number of amides is 1. The molecule has 3 heterocycles. The first-order valence-corrected chi connectivity index (χ1v) is 14.5. The van der Waals surface area contributed by atoms with Crippen molar-refractivity contribution in [3.63, 3.8) is 0 Å². The number of likely N-dealkylation sites (tertiary alicyclic amines) is 1. The predicted molar refractivity (Wildman–Crippen MR) is 158 cm³/mol. The molecular formula is C32H38F3N5O2. The minimum atomic E-state index is -4.74. The number of piperidine rings is 1. The van der Waals surface area contributed by atoms with Crippen molar-refractivity contribution in [1.82, 2.24) is 20.5 Å². The van der Waals surface area contributed by atoms with Gasteiger partial charge in [0.2, 0.25) is 0 Å². The second-order valence-electron chi connectivity index (χ2n) is 11.5. The van der Waals surface area contributed by atoms with E-state index in [-0.39, 0.29) is 17.7 Å². The van der Waals surface area contributed by atoms with Crippen LogP contribution in [0.1, 0.15) is 48.2 Å². The lowest BCUT2D eigenvalue weighted by Gasteiger charge is -2.37. The van der Waals surface area contributed by atoms with Crippen molar-refractivity contribution >= 4 is 11.7 Å². The van der Waals surface area contributed by atoms with Crippen LogP contribution >= 0.6 is 0 Å². The molecule has 2 saturated heterocycles. The highest BCUT2D eigenvalue weighted by molar-refractivity contribution is 5.97. The van der Waals surface area contributed by atoms with Crippen LogP contribution < -0.4 is 20.3 Å². The van der Waals surface area contributed by atoms with Crippen molar-refractivity contribution in [3.8, 4) is 16.9 Å². The number of hydrogen-bond acceptors (Lipinski definition) is 6. The number of ether oxygens (including phenoxy) is 1. The summed E-state index contributed by atoms with van der Waals surface area (Å²) in [4.78, 5) is 22.7. The third kappa shape index (κ3) is 7.60. The van der Waals surface area contributed by atoms with Crippen LogP contribution in [0, 0.1) is 6.92 Å². The van der Waals surface area contributed by atoms with Crippen molar-refractivity contribution in [2.45, 2.75) is 64.6 Å². The van der Waals surface area contributed by atoms with Gasteiger partial charge in [0.15, 0.2) is 0 Å². The molecule has 224 valence electrons. The number of alkyl halides is 3. The lowest BCUT2D eigenvalue weighted by Crippen LogP contribution is -2.54. The van der Waals surface area contributed by atoms with Gasteiger partial charge in [0.25, 0.3) is 5.91 Å². The number of rotatable bonds is 7. The van der Waals surface area contributed by atoms with Crippen molar-refractivity contribution in [2.24, 2.45) is 0 Å². The zero-order valence-electron chi connectivity index (χ0n) is 24.2. The van der Waals surface area contributed by atoms with Crippen LogP contribution in [0.4, 0.5) is 19.0 Å². The Bertz CT molecular complexity index is 1350. The average molecular weight is 582 g/mol. The molecule has 2 fully saturated rings. The molecule has 3 aromatic rings. The molecule has 5 rings (SSSR count). The summed E-state index contributed by atoms with van der Waals surface area (Å²) in [6.45, 7) is 10.7. The third-order valence-corrected chi connectivity index (χ3v) is 8.00. The van der Waals surface area contributed by atoms with E-state index in [0.717, 1.165) is 62.5 Å². The lowest BCUT2D eigenvalue weighted by atomic mass is 9.95. The van der Waals surface area contributed by atoms with Gasteiger partial charge in [-0.1, -0.05) is 30.3 Å². The van der Waals surface area contributed by atoms with Crippen molar-refractivity contribution in [3.05, 3.63) is 77.5 Å². The highest BCUT2D eigenvalue weighted by Gasteiger charge is 2.31. The first-order chi connectivity index (χ1) is 20.0. The Kier molecular flexibility index (Phi) is 9.03. The van der Waals surface area contributed by atoms with Crippen LogP contribution in [0.25, 0.3) is 11.1 Å². The highest BCUT2D eigenvalue weighted by atomic mass is 19.4. The number of pyridine rings is 1. The Morgan fingerprint density at radius 1 is 1.02 bits per heavy atom. The maximum absolute atomic E-state index is 13.2. The first-order valence-electron chi connectivity index (χ1n) is 14.5. The molecule has 2 unspecified atom stereocenters. The van der Waals surface area contributed by atoms with E-state index in [1.165, 1.54) is 17.7 Å². The predicted octanol–water partition coefficient (Wildman–Crippen LogP) is 5.54. The summed E-state index contributed by atoms with van der Waals surface area (Å²) < 4.78 is 41.5. The SMILES string of the molecule is Cc1c(C(=O)NC2CCN(Cc3ccc(N4CC(C)NC(C)C4)nc3)CC2)cccc1-c1ccc(OC(F)(F)F)cc1. The van der Waals surface area contributed by atoms with Gasteiger partial charge in [-0.25, -0.2) is 4.98 Å². The Morgan fingerprint density at radius 3 is 2.33 bits per heavy atom. The Morgan fingerprint density at radius 2 is 1.71 bits per heavy atom. The van der Waals surface area contributed by atoms with Gasteiger partial charge in [-0.2, -0.15) is 0 Å². The van der Waals surface area contributed by atoms with Crippen molar-refractivity contribution in [2.75, 3.05) is 31.1 Å². The van der Waals surface area contributed by atoms with Crippen LogP contribution in [-0.2, 0) is 6.54 Å². The average Bonchev–Trinajstić information content (AvgIpc) is 2.94. The second kappa shape index (κ2) is 12.7. The van der Waals surface area contributed by atoms with Gasteiger partial charge in [-0.3, -0.25) is 9.69 Å². The zero-order chi connectivity index (χ0) is 29.9. The fourth-order valence-corrected chi connectivity index (χ4v) is 6.00. The molecular weight excluding hydrogens is 543 g/mol. The van der Waals surface area contributed by atoms with E-state index in [0.29, 0.717) is 23.2 Å². The molecule has 2 aromatic carbocycles. The van der Waals surface area contributed by atoms with E-state index < -0.39 is 6.36 Å². The van der Waals surface area contributed by atoms with Crippen LogP contribution in [-0.4, -0.2) is 66.5 Å². The molecule has 1 amide bonds. The van der Waals surface area contributed by atoms with Gasteiger partial charge >= 0.3 is 6.36 Å². The molecule has 0 bridgehead atoms. The third-order valence-electron chi connectivity index (χ3n) is 8.00. The molecule has 0 spiro atoms. The van der Waals surface area contributed by atoms with Gasteiger partial charge < -0.3 is 20.3 Å². The molecule has 2 aliphatic rings. The smallest absolute Gasteiger partial charge is 0.406 e. The number of piperazine rings is 1. The number of nitrogens with one attached hydrogen (secondary N) is 2. The second-order valence-corrected chi connectivity index (χ2v) is 11.5. The molecule has 2 aliphatic heterocycles. The summed E-state index contributed by atoms with van der Waals surface area (Å²) in [6, 6.07) is 16.4. The summed E-state index contributed by atoms with van der Waals surface area (Å²) in [6.07, 6.45) is -1.05. The Balaban J connectivity index is 1.13. The summed E-state index contributed by atoms with van der Waals surface area (Å²) in [5.41, 5.74) is 4.02. The molecule has 7 nitrogen and oxygen atoms in total. The maximum Gasteiger partial charge on any atom is 0.573 e. The van der Waals surface area contributed by atoms with E-state index in [1.54, 1.807) is 24.3 Å².